The van der Waals surface area contributed by atoms with E-state index in [-0.39, 0.29) is 10.9 Å². The second-order valence-electron chi connectivity index (χ2n) is 5.60. The maximum Gasteiger partial charge on any atom is 0.241 e. The quantitative estimate of drug-likeness (QED) is 0.663. The lowest BCUT2D eigenvalue weighted by Crippen LogP contribution is -2.31. The van der Waals surface area contributed by atoms with Gasteiger partial charge in [-0.1, -0.05) is 49.4 Å². The minimum Gasteiger partial charge on any atom is -0.207 e. The second-order valence-corrected chi connectivity index (χ2v) is 13.0. The van der Waals surface area contributed by atoms with Crippen LogP contribution in [0.1, 0.15) is 6.92 Å². The molecule has 0 bridgehead atoms. The molecule has 1 unspecified atom stereocenters. The Hall–Kier alpha value is -0.843. The first-order chi connectivity index (χ1) is 9.13. The van der Waals surface area contributed by atoms with E-state index in [1.165, 1.54) is 0 Å². The van der Waals surface area contributed by atoms with E-state index in [1.54, 1.807) is 43.3 Å². The normalized spacial score (nSPS) is 13.4. The Morgan fingerprint density at radius 2 is 1.85 bits per heavy atom. The van der Waals surface area contributed by atoms with Crippen LogP contribution in [0.4, 0.5) is 0 Å². The van der Waals surface area contributed by atoms with E-state index >= 15 is 0 Å². The van der Waals surface area contributed by atoms with Gasteiger partial charge < -0.3 is 0 Å². The second kappa shape index (κ2) is 6.74. The molecule has 1 aromatic carbocycles. The van der Waals surface area contributed by atoms with Crippen LogP contribution in [0.2, 0.25) is 19.6 Å². The molecule has 0 radical (unpaired) electrons. The number of hydrogen-bond acceptors (Lipinski definition) is 2. The zero-order valence-corrected chi connectivity index (χ0v) is 14.7. The minimum absolute atomic E-state index is 0.250. The highest BCUT2D eigenvalue weighted by Gasteiger charge is 2.18. The third-order valence-corrected chi connectivity index (χ3v) is 7.36. The van der Waals surface area contributed by atoms with E-state index in [1.807, 2.05) is 0 Å². The molecule has 20 heavy (non-hydrogen) atoms. The van der Waals surface area contributed by atoms with Gasteiger partial charge in [-0.25, -0.2) is 13.1 Å². The van der Waals surface area contributed by atoms with E-state index in [0.29, 0.717) is 4.66 Å². The van der Waals surface area contributed by atoms with Crippen LogP contribution in [0.3, 0.4) is 0 Å². The summed E-state index contributed by atoms with van der Waals surface area (Å²) in [6.45, 7) is 8.07. The third-order valence-electron chi connectivity index (χ3n) is 2.51. The Morgan fingerprint density at radius 3 is 2.35 bits per heavy atom. The van der Waals surface area contributed by atoms with Crippen LogP contribution < -0.4 is 4.72 Å². The topological polar surface area (TPSA) is 46.2 Å². The van der Waals surface area contributed by atoms with Gasteiger partial charge in [0.1, 0.15) is 8.07 Å². The first-order valence-corrected chi connectivity index (χ1v) is 11.7. The highest BCUT2D eigenvalue weighted by atomic mass is 35.5. The fourth-order valence-corrected chi connectivity index (χ4v) is 3.15. The Kier molecular flexibility index (Phi) is 5.80. The standard InChI is InChI=1S/C14H20ClNO2SSi/c1-12(10-11-14(15)20(2,3)4)16-19(17,18)13-8-6-5-7-9-13/h5-10,12,16H,1-4H3. The summed E-state index contributed by atoms with van der Waals surface area (Å²) in [4.78, 5) is 0.250. The van der Waals surface area contributed by atoms with Crippen molar-refractivity contribution >= 4 is 29.7 Å². The first-order valence-electron chi connectivity index (χ1n) is 6.33. The summed E-state index contributed by atoms with van der Waals surface area (Å²) < 4.78 is 27.5. The van der Waals surface area contributed by atoms with E-state index < -0.39 is 18.1 Å². The van der Waals surface area contributed by atoms with Gasteiger partial charge in [-0.15, -0.1) is 5.73 Å². The molecule has 0 aliphatic carbocycles. The van der Waals surface area contributed by atoms with Gasteiger partial charge in [0.15, 0.2) is 0 Å². The SMILES string of the molecule is CC(C=C=C(Cl)[Si](C)(C)C)NS(=O)(=O)c1ccccc1. The van der Waals surface area contributed by atoms with E-state index in [2.05, 4.69) is 30.1 Å². The molecule has 1 N–H and O–H groups in total. The van der Waals surface area contributed by atoms with Crippen molar-refractivity contribution < 1.29 is 8.42 Å². The molecule has 1 rings (SSSR count). The lowest BCUT2D eigenvalue weighted by molar-refractivity contribution is 0.576. The van der Waals surface area contributed by atoms with Crippen molar-refractivity contribution in [2.24, 2.45) is 0 Å². The molecular formula is C14H20ClNO2SSi. The average Bonchev–Trinajstić information content (AvgIpc) is 2.35. The predicted molar refractivity (Wildman–Crippen MR) is 87.0 cm³/mol. The van der Waals surface area contributed by atoms with E-state index in [4.69, 9.17) is 11.6 Å². The molecule has 3 nitrogen and oxygen atoms in total. The number of benzene rings is 1. The largest absolute Gasteiger partial charge is 0.241 e. The van der Waals surface area contributed by atoms with Gasteiger partial charge in [-0.05, 0) is 25.1 Å². The summed E-state index contributed by atoms with van der Waals surface area (Å²) in [5, 5.41) is 0. The van der Waals surface area contributed by atoms with Crippen LogP contribution >= 0.6 is 11.6 Å². The highest BCUT2D eigenvalue weighted by Crippen LogP contribution is 2.16. The molecule has 0 spiro atoms. The van der Waals surface area contributed by atoms with Crippen molar-refractivity contribution in [3.05, 3.63) is 46.8 Å². The smallest absolute Gasteiger partial charge is 0.207 e. The molecule has 1 aromatic rings. The molecule has 1 atom stereocenters. The van der Waals surface area contributed by atoms with Gasteiger partial charge in [0, 0.05) is 10.7 Å². The fraction of sp³-hybridized carbons (Fsp3) is 0.357. The summed E-state index contributed by atoms with van der Waals surface area (Å²) >= 11 is 6.15. The molecule has 6 heteroatoms. The molecule has 0 aliphatic rings. The highest BCUT2D eigenvalue weighted by molar-refractivity contribution is 7.89. The van der Waals surface area contributed by atoms with Gasteiger partial charge in [0.2, 0.25) is 10.0 Å². The Balaban J connectivity index is 2.87. The molecule has 0 aliphatic heterocycles. The van der Waals surface area contributed by atoms with Crippen LogP contribution in [0, 0.1) is 0 Å². The van der Waals surface area contributed by atoms with Crippen LogP contribution in [-0.4, -0.2) is 22.5 Å². The van der Waals surface area contributed by atoms with E-state index in [9.17, 15) is 8.42 Å². The van der Waals surface area contributed by atoms with Gasteiger partial charge in [0.05, 0.1) is 4.90 Å². The van der Waals surface area contributed by atoms with Crippen LogP contribution in [-0.2, 0) is 10.0 Å². The summed E-state index contributed by atoms with van der Waals surface area (Å²) in [5.74, 6) is 0. The first kappa shape index (κ1) is 17.2. The molecule has 0 aromatic heterocycles. The summed E-state index contributed by atoms with van der Waals surface area (Å²) in [6, 6.07) is 7.91. The molecule has 0 saturated heterocycles. The van der Waals surface area contributed by atoms with Crippen LogP contribution in [0.15, 0.2) is 51.7 Å². The molecule has 110 valence electrons. The Morgan fingerprint density at radius 1 is 1.30 bits per heavy atom. The van der Waals surface area contributed by atoms with Crippen LogP contribution in [0.25, 0.3) is 0 Å². The molecule has 0 amide bonds. The van der Waals surface area contributed by atoms with Gasteiger partial charge in [-0.3, -0.25) is 0 Å². The van der Waals surface area contributed by atoms with Crippen molar-refractivity contribution in [2.75, 3.05) is 0 Å². The van der Waals surface area contributed by atoms with Crippen molar-refractivity contribution in [1.29, 1.82) is 0 Å². The fourth-order valence-electron chi connectivity index (χ4n) is 1.36. The average molecular weight is 330 g/mol. The summed E-state index contributed by atoms with van der Waals surface area (Å²) in [5.41, 5.74) is 2.99. The third kappa shape index (κ3) is 5.27. The zero-order chi connectivity index (χ0) is 15.4. The lowest BCUT2D eigenvalue weighted by atomic mass is 10.4. The maximum absolute atomic E-state index is 12.1. The number of sulfonamides is 1. The zero-order valence-electron chi connectivity index (χ0n) is 12.1. The maximum atomic E-state index is 12.1. The van der Waals surface area contributed by atoms with Gasteiger partial charge in [0.25, 0.3) is 0 Å². The van der Waals surface area contributed by atoms with Crippen LogP contribution in [0.5, 0.6) is 0 Å². The van der Waals surface area contributed by atoms with Gasteiger partial charge in [-0.2, -0.15) is 0 Å². The Bertz CT molecular complexity index is 614. The number of rotatable bonds is 5. The molecule has 0 saturated carbocycles. The molecular weight excluding hydrogens is 310 g/mol. The Labute approximate surface area is 127 Å². The van der Waals surface area contributed by atoms with Crippen molar-refractivity contribution in [3.8, 4) is 0 Å². The lowest BCUT2D eigenvalue weighted by Gasteiger charge is -2.12. The van der Waals surface area contributed by atoms with Crippen molar-refractivity contribution in [3.63, 3.8) is 0 Å². The predicted octanol–water partition coefficient (Wildman–Crippen LogP) is 3.51. The van der Waals surface area contributed by atoms with Crippen molar-refractivity contribution in [2.45, 2.75) is 37.5 Å². The number of hydrogen-bond donors (Lipinski definition) is 1. The van der Waals surface area contributed by atoms with Gasteiger partial charge >= 0.3 is 0 Å². The summed E-state index contributed by atoms with van der Waals surface area (Å²) in [6.07, 6.45) is 1.65. The van der Waals surface area contributed by atoms with Crippen molar-refractivity contribution in [1.82, 2.24) is 4.72 Å². The molecule has 0 heterocycles. The number of nitrogens with one attached hydrogen (secondary N) is 1. The van der Waals surface area contributed by atoms with E-state index in [0.717, 1.165) is 0 Å². The number of halogens is 1. The monoisotopic (exact) mass is 329 g/mol. The summed E-state index contributed by atoms with van der Waals surface area (Å²) in [7, 11) is -5.09. The minimum atomic E-state index is -3.51. The molecule has 0 fully saturated rings.